The number of nitrogens with two attached hydrogens (primary N) is 1. The van der Waals surface area contributed by atoms with Gasteiger partial charge in [0.05, 0.1) is 26.0 Å². The zero-order chi connectivity index (χ0) is 11.5. The molecule has 0 spiro atoms. The highest BCUT2D eigenvalue weighted by atomic mass is 127. The van der Waals surface area contributed by atoms with Gasteiger partial charge < -0.3 is 11.1 Å². The van der Waals surface area contributed by atoms with Crippen molar-refractivity contribution in [3.8, 4) is 0 Å². The van der Waals surface area contributed by atoms with E-state index in [4.69, 9.17) is 5.73 Å². The maximum absolute atomic E-state index is 11.8. The number of aromatic nitrogens is 1. The Hall–Kier alpha value is -1.15. The molecule has 1 amide bonds. The Kier molecular flexibility index (Phi) is 3.39. The molecule has 0 saturated carbocycles. The van der Waals surface area contributed by atoms with E-state index >= 15 is 0 Å². The molecule has 2 heterocycles. The molecular formula is C10H8IN3OS. The van der Waals surface area contributed by atoms with Crippen LogP contribution < -0.4 is 11.1 Å². The molecule has 3 N–H and O–H groups in total. The highest BCUT2D eigenvalue weighted by Gasteiger charge is 2.09. The normalized spacial score (nSPS) is 10.1. The minimum absolute atomic E-state index is 0.155. The number of thiophene rings is 1. The fourth-order valence-corrected chi connectivity index (χ4v) is 2.47. The molecule has 4 nitrogen and oxygen atoms in total. The van der Waals surface area contributed by atoms with Gasteiger partial charge in [-0.3, -0.25) is 9.78 Å². The molecule has 0 aromatic carbocycles. The quantitative estimate of drug-likeness (QED) is 0.822. The van der Waals surface area contributed by atoms with Crippen LogP contribution in [0.4, 0.5) is 11.4 Å². The number of hydrogen-bond donors (Lipinski definition) is 2. The van der Waals surface area contributed by atoms with Crippen LogP contribution in [0.5, 0.6) is 0 Å². The number of carbonyl (C=O) groups excluding carboxylic acids is 1. The molecule has 0 radical (unpaired) electrons. The SMILES string of the molecule is Nc1cnccc1NC(=O)c1csc(I)c1. The van der Waals surface area contributed by atoms with Crippen LogP contribution >= 0.6 is 33.9 Å². The smallest absolute Gasteiger partial charge is 0.256 e. The Labute approximate surface area is 110 Å². The van der Waals surface area contributed by atoms with Gasteiger partial charge in [-0.05, 0) is 34.7 Å². The minimum atomic E-state index is -0.155. The number of hydrogen-bond acceptors (Lipinski definition) is 4. The molecule has 2 rings (SSSR count). The van der Waals surface area contributed by atoms with E-state index in [-0.39, 0.29) is 5.91 Å². The summed E-state index contributed by atoms with van der Waals surface area (Å²) in [4.78, 5) is 15.6. The first-order valence-electron chi connectivity index (χ1n) is 4.41. The van der Waals surface area contributed by atoms with Crippen molar-refractivity contribution in [2.24, 2.45) is 0 Å². The first kappa shape index (κ1) is 11.3. The predicted octanol–water partition coefficient (Wildman–Crippen LogP) is 2.58. The molecule has 6 heteroatoms. The summed E-state index contributed by atoms with van der Waals surface area (Å²) < 4.78 is 1.07. The number of nitrogens with one attached hydrogen (secondary N) is 1. The summed E-state index contributed by atoms with van der Waals surface area (Å²) in [7, 11) is 0. The summed E-state index contributed by atoms with van der Waals surface area (Å²) in [6, 6.07) is 3.50. The lowest BCUT2D eigenvalue weighted by Crippen LogP contribution is -2.12. The van der Waals surface area contributed by atoms with Crippen molar-refractivity contribution in [3.05, 3.63) is 38.4 Å². The van der Waals surface area contributed by atoms with Crippen molar-refractivity contribution in [2.75, 3.05) is 11.1 Å². The van der Waals surface area contributed by atoms with Crippen LogP contribution in [-0.2, 0) is 0 Å². The summed E-state index contributed by atoms with van der Waals surface area (Å²) in [6.07, 6.45) is 3.09. The molecular weight excluding hydrogens is 337 g/mol. The van der Waals surface area contributed by atoms with Crippen LogP contribution in [0, 0.1) is 2.88 Å². The number of pyridine rings is 1. The summed E-state index contributed by atoms with van der Waals surface area (Å²) in [6.45, 7) is 0. The van der Waals surface area contributed by atoms with E-state index in [0.29, 0.717) is 16.9 Å². The monoisotopic (exact) mass is 345 g/mol. The van der Waals surface area contributed by atoms with E-state index < -0.39 is 0 Å². The van der Waals surface area contributed by atoms with E-state index in [9.17, 15) is 4.79 Å². The van der Waals surface area contributed by atoms with Gasteiger partial charge in [0.15, 0.2) is 0 Å². The Morgan fingerprint density at radius 3 is 3.00 bits per heavy atom. The van der Waals surface area contributed by atoms with Crippen molar-refractivity contribution in [2.45, 2.75) is 0 Å². The topological polar surface area (TPSA) is 68.0 Å². The van der Waals surface area contributed by atoms with Crippen LogP contribution in [0.2, 0.25) is 0 Å². The number of amides is 1. The van der Waals surface area contributed by atoms with Gasteiger partial charge in [-0.15, -0.1) is 11.3 Å². The standard InChI is InChI=1S/C10H8IN3OS/c11-9-3-6(5-16-9)10(15)14-8-1-2-13-4-7(8)12/h1-5H,12H2,(H,13,14,15). The number of rotatable bonds is 2. The third kappa shape index (κ3) is 2.50. The van der Waals surface area contributed by atoms with Crippen LogP contribution in [0.25, 0.3) is 0 Å². The molecule has 16 heavy (non-hydrogen) atoms. The first-order chi connectivity index (χ1) is 7.66. The second-order valence-corrected chi connectivity index (χ2v) is 5.86. The van der Waals surface area contributed by atoms with Crippen molar-refractivity contribution in [1.29, 1.82) is 0 Å². The van der Waals surface area contributed by atoms with Crippen molar-refractivity contribution < 1.29 is 4.79 Å². The summed E-state index contributed by atoms with van der Waals surface area (Å²) in [5, 5.41) is 4.55. The van der Waals surface area contributed by atoms with Gasteiger partial charge in [-0.2, -0.15) is 0 Å². The lowest BCUT2D eigenvalue weighted by Gasteiger charge is -2.05. The van der Waals surface area contributed by atoms with Gasteiger partial charge in [0.1, 0.15) is 0 Å². The lowest BCUT2D eigenvalue weighted by atomic mass is 10.3. The second-order valence-electron chi connectivity index (χ2n) is 3.06. The highest BCUT2D eigenvalue weighted by Crippen LogP contribution is 2.20. The average molecular weight is 345 g/mol. The molecule has 0 fully saturated rings. The first-order valence-corrected chi connectivity index (χ1v) is 6.37. The fourth-order valence-electron chi connectivity index (χ4n) is 1.14. The van der Waals surface area contributed by atoms with Gasteiger partial charge in [-0.25, -0.2) is 0 Å². The van der Waals surface area contributed by atoms with Gasteiger partial charge in [0.25, 0.3) is 5.91 Å². The number of nitrogens with zero attached hydrogens (tertiary/aromatic N) is 1. The second kappa shape index (κ2) is 4.79. The van der Waals surface area contributed by atoms with E-state index in [1.165, 1.54) is 17.5 Å². The predicted molar refractivity (Wildman–Crippen MR) is 73.6 cm³/mol. The van der Waals surface area contributed by atoms with E-state index in [2.05, 4.69) is 32.9 Å². The molecule has 0 saturated heterocycles. The van der Waals surface area contributed by atoms with Crippen LogP contribution in [-0.4, -0.2) is 10.9 Å². The van der Waals surface area contributed by atoms with Crippen molar-refractivity contribution in [1.82, 2.24) is 4.98 Å². The van der Waals surface area contributed by atoms with Crippen molar-refractivity contribution >= 4 is 51.2 Å². The number of halogens is 1. The maximum atomic E-state index is 11.8. The van der Waals surface area contributed by atoms with Gasteiger partial charge >= 0.3 is 0 Å². The number of carbonyl (C=O) groups is 1. The fraction of sp³-hybridized carbons (Fsp3) is 0. The molecule has 2 aromatic rings. The van der Waals surface area contributed by atoms with E-state index in [1.807, 2.05) is 11.4 Å². The molecule has 0 bridgehead atoms. The molecule has 2 aromatic heterocycles. The van der Waals surface area contributed by atoms with Crippen LogP contribution in [0.3, 0.4) is 0 Å². The van der Waals surface area contributed by atoms with Crippen molar-refractivity contribution in [3.63, 3.8) is 0 Å². The summed E-state index contributed by atoms with van der Waals surface area (Å²) in [5.41, 5.74) is 7.36. The third-order valence-corrected chi connectivity index (χ3v) is 3.72. The molecule has 0 atom stereocenters. The molecule has 82 valence electrons. The zero-order valence-corrected chi connectivity index (χ0v) is 11.1. The Morgan fingerprint density at radius 2 is 2.38 bits per heavy atom. The zero-order valence-electron chi connectivity index (χ0n) is 8.11. The van der Waals surface area contributed by atoms with E-state index in [0.717, 1.165) is 2.88 Å². The van der Waals surface area contributed by atoms with Crippen LogP contribution in [0.15, 0.2) is 29.9 Å². The number of nitrogen functional groups attached to an aromatic ring is 1. The molecule has 0 aliphatic heterocycles. The molecule has 0 aliphatic carbocycles. The van der Waals surface area contributed by atoms with Gasteiger partial charge in [-0.1, -0.05) is 0 Å². The van der Waals surface area contributed by atoms with E-state index in [1.54, 1.807) is 12.3 Å². The molecule has 0 aliphatic rings. The lowest BCUT2D eigenvalue weighted by molar-refractivity contribution is 0.102. The largest absolute Gasteiger partial charge is 0.396 e. The Morgan fingerprint density at radius 1 is 1.56 bits per heavy atom. The highest BCUT2D eigenvalue weighted by molar-refractivity contribution is 14.1. The van der Waals surface area contributed by atoms with Gasteiger partial charge in [0.2, 0.25) is 0 Å². The molecule has 0 unspecified atom stereocenters. The average Bonchev–Trinajstić information content (AvgIpc) is 2.68. The number of anilines is 2. The van der Waals surface area contributed by atoms with Gasteiger partial charge in [0, 0.05) is 11.6 Å². The Bertz CT molecular complexity index is 526. The third-order valence-electron chi connectivity index (χ3n) is 1.93. The van der Waals surface area contributed by atoms with Crippen LogP contribution in [0.1, 0.15) is 10.4 Å². The maximum Gasteiger partial charge on any atom is 0.256 e. The summed E-state index contributed by atoms with van der Waals surface area (Å²) in [5.74, 6) is -0.155. The summed E-state index contributed by atoms with van der Waals surface area (Å²) >= 11 is 3.71. The minimum Gasteiger partial charge on any atom is -0.396 e. The Balaban J connectivity index is 2.17.